The lowest BCUT2D eigenvalue weighted by molar-refractivity contribution is 0.661. The zero-order valence-electron chi connectivity index (χ0n) is 32.1. The van der Waals surface area contributed by atoms with Crippen molar-refractivity contribution >= 4 is 70.5 Å². The number of rotatable bonds is 3. The third kappa shape index (κ3) is 4.33. The van der Waals surface area contributed by atoms with Crippen LogP contribution in [0.4, 0.5) is 0 Å². The maximum atomic E-state index is 5.20. The van der Waals surface area contributed by atoms with Crippen LogP contribution in [-0.2, 0) is 5.41 Å². The van der Waals surface area contributed by atoms with Crippen LogP contribution in [0.3, 0.4) is 0 Å². The molecule has 1 aliphatic carbocycles. The van der Waals surface area contributed by atoms with E-state index in [1.165, 1.54) is 93.0 Å². The molecular weight excluding hydrogens is 703 g/mol. The minimum absolute atomic E-state index is 0.145. The molecule has 0 atom stereocenters. The highest BCUT2D eigenvalue weighted by Crippen LogP contribution is 2.51. The predicted molar refractivity (Wildman–Crippen MR) is 243 cm³/mol. The predicted octanol–water partition coefficient (Wildman–Crippen LogP) is 14.4. The first-order valence-electron chi connectivity index (χ1n) is 20.1. The lowest BCUT2D eigenvalue weighted by Gasteiger charge is -2.22. The van der Waals surface area contributed by atoms with Crippen molar-refractivity contribution in [2.75, 3.05) is 0 Å². The molecular formula is C55H35N3. The van der Waals surface area contributed by atoms with Crippen LogP contribution in [0.25, 0.3) is 115 Å². The molecule has 0 aliphatic heterocycles. The van der Waals surface area contributed by atoms with Gasteiger partial charge in [-0.1, -0.05) is 141 Å². The average molecular weight is 738 g/mol. The van der Waals surface area contributed by atoms with E-state index >= 15 is 0 Å². The fraction of sp³-hybridized carbons (Fsp3) is 0.0545. The third-order valence-corrected chi connectivity index (χ3v) is 13.1. The number of fused-ring (bicyclic) bond motifs is 12. The first kappa shape index (κ1) is 31.8. The average Bonchev–Trinajstić information content (AvgIpc) is 3.86. The van der Waals surface area contributed by atoms with Crippen LogP contribution in [0.1, 0.15) is 25.0 Å². The van der Waals surface area contributed by atoms with Crippen LogP contribution in [-0.4, -0.2) is 14.4 Å². The Bertz CT molecular complexity index is 3700. The molecule has 1 aliphatic rings. The number of para-hydroxylation sites is 3. The van der Waals surface area contributed by atoms with Crippen LogP contribution in [0.5, 0.6) is 0 Å². The van der Waals surface area contributed by atoms with Gasteiger partial charge in [-0.25, -0.2) is 9.97 Å². The molecule has 3 heteroatoms. The summed E-state index contributed by atoms with van der Waals surface area (Å²) in [5.74, 6) is 0.731. The van der Waals surface area contributed by atoms with E-state index in [1.807, 2.05) is 0 Å². The molecule has 3 nitrogen and oxygen atoms in total. The quantitative estimate of drug-likeness (QED) is 0.181. The summed E-state index contributed by atoms with van der Waals surface area (Å²) < 4.78 is 2.48. The standard InChI is InChI=1S/C55H35N3/c1-55(2)47-29-36(33-18-21-34(22-19-33)54-56-49-16-7-5-13-44(49)52(57-54)37-23-20-32-10-3-4-11-35(32)26-37)24-25-40(47)45-27-39-31-51-46(28-38(39)30-48(45)55)43-15-9-14-42-41-12-6-8-17-50(41)58(51)53(42)43/h3-31H,1-2H3. The zero-order valence-corrected chi connectivity index (χ0v) is 32.1. The van der Waals surface area contributed by atoms with Crippen molar-refractivity contribution in [2.45, 2.75) is 19.3 Å². The van der Waals surface area contributed by atoms with Gasteiger partial charge in [0.2, 0.25) is 0 Å². The molecule has 0 radical (unpaired) electrons. The normalized spacial score (nSPS) is 13.5. The van der Waals surface area contributed by atoms with Gasteiger partial charge in [-0.15, -0.1) is 0 Å². The largest absolute Gasteiger partial charge is 0.308 e. The summed E-state index contributed by atoms with van der Waals surface area (Å²) in [6, 6.07) is 64.5. The Kier molecular flexibility index (Phi) is 6.23. The van der Waals surface area contributed by atoms with Crippen molar-refractivity contribution in [3.8, 4) is 44.9 Å². The summed E-state index contributed by atoms with van der Waals surface area (Å²) in [5.41, 5.74) is 15.5. The number of hydrogen-bond acceptors (Lipinski definition) is 2. The minimum atomic E-state index is -0.145. The molecule has 58 heavy (non-hydrogen) atoms. The summed E-state index contributed by atoms with van der Waals surface area (Å²) in [5, 5.41) is 11.3. The van der Waals surface area contributed by atoms with Gasteiger partial charge in [0.1, 0.15) is 0 Å². The van der Waals surface area contributed by atoms with Crippen molar-refractivity contribution in [1.29, 1.82) is 0 Å². The maximum Gasteiger partial charge on any atom is 0.160 e. The molecule has 0 bridgehead atoms. The molecule has 3 aromatic heterocycles. The second-order valence-corrected chi connectivity index (χ2v) is 16.6. The highest BCUT2D eigenvalue weighted by molar-refractivity contribution is 6.24. The molecule has 9 aromatic carbocycles. The molecule has 13 rings (SSSR count). The molecule has 0 saturated carbocycles. The van der Waals surface area contributed by atoms with E-state index in [-0.39, 0.29) is 5.41 Å². The number of aromatic nitrogens is 3. The second kappa shape index (κ2) is 11.4. The molecule has 12 aromatic rings. The van der Waals surface area contributed by atoms with E-state index in [0.717, 1.165) is 33.5 Å². The number of hydrogen-bond donors (Lipinski definition) is 0. The molecule has 0 N–H and O–H groups in total. The van der Waals surface area contributed by atoms with Crippen LogP contribution in [0.2, 0.25) is 0 Å². The Morgan fingerprint density at radius 1 is 0.397 bits per heavy atom. The minimum Gasteiger partial charge on any atom is -0.308 e. The Morgan fingerprint density at radius 2 is 1.07 bits per heavy atom. The zero-order chi connectivity index (χ0) is 38.3. The Hall–Kier alpha value is -7.36. The van der Waals surface area contributed by atoms with E-state index in [9.17, 15) is 0 Å². The molecule has 0 unspecified atom stereocenters. The van der Waals surface area contributed by atoms with Crippen LogP contribution in [0, 0.1) is 0 Å². The van der Waals surface area contributed by atoms with Crippen molar-refractivity contribution in [3.63, 3.8) is 0 Å². The van der Waals surface area contributed by atoms with E-state index in [2.05, 4.69) is 194 Å². The smallest absolute Gasteiger partial charge is 0.160 e. The second-order valence-electron chi connectivity index (χ2n) is 16.6. The van der Waals surface area contributed by atoms with E-state index in [1.54, 1.807) is 0 Å². The van der Waals surface area contributed by atoms with Gasteiger partial charge >= 0.3 is 0 Å². The van der Waals surface area contributed by atoms with Gasteiger partial charge < -0.3 is 4.40 Å². The SMILES string of the molecule is CC1(C)c2cc(-c3ccc(-c4nc(-c5ccc6ccccc6c5)c5ccccc5n4)cc3)ccc2-c2cc3cc4c(cc3cc21)c1cccc2c3ccccc3n4c21. The van der Waals surface area contributed by atoms with Gasteiger partial charge in [0.05, 0.1) is 27.8 Å². The van der Waals surface area contributed by atoms with Gasteiger partial charge in [-0.05, 0) is 103 Å². The summed E-state index contributed by atoms with van der Waals surface area (Å²) in [4.78, 5) is 10.2. The van der Waals surface area contributed by atoms with Gasteiger partial charge in [-0.3, -0.25) is 0 Å². The molecule has 0 fully saturated rings. The number of nitrogens with zero attached hydrogens (tertiary/aromatic N) is 3. The first-order valence-corrected chi connectivity index (χ1v) is 20.1. The Labute approximate surface area is 334 Å². The molecule has 0 spiro atoms. The lowest BCUT2D eigenvalue weighted by Crippen LogP contribution is -2.15. The van der Waals surface area contributed by atoms with Gasteiger partial charge in [0.15, 0.2) is 5.82 Å². The van der Waals surface area contributed by atoms with Gasteiger partial charge in [0.25, 0.3) is 0 Å². The fourth-order valence-electron chi connectivity index (χ4n) is 10.2. The van der Waals surface area contributed by atoms with Crippen LogP contribution < -0.4 is 0 Å². The highest BCUT2D eigenvalue weighted by Gasteiger charge is 2.36. The Morgan fingerprint density at radius 3 is 1.95 bits per heavy atom. The Balaban J connectivity index is 0.891. The van der Waals surface area contributed by atoms with Crippen LogP contribution >= 0.6 is 0 Å². The number of benzene rings is 9. The topological polar surface area (TPSA) is 30.2 Å². The summed E-state index contributed by atoms with van der Waals surface area (Å²) in [6.45, 7) is 4.76. The molecule has 0 saturated heterocycles. The lowest BCUT2D eigenvalue weighted by atomic mass is 9.81. The molecule has 0 amide bonds. The maximum absolute atomic E-state index is 5.20. The van der Waals surface area contributed by atoms with Gasteiger partial charge in [0, 0.05) is 43.5 Å². The monoisotopic (exact) mass is 737 g/mol. The van der Waals surface area contributed by atoms with E-state index in [4.69, 9.17) is 9.97 Å². The van der Waals surface area contributed by atoms with E-state index in [0.29, 0.717) is 0 Å². The highest BCUT2D eigenvalue weighted by atomic mass is 14.9. The van der Waals surface area contributed by atoms with Crippen molar-refractivity contribution in [2.24, 2.45) is 0 Å². The van der Waals surface area contributed by atoms with Crippen molar-refractivity contribution in [3.05, 3.63) is 187 Å². The van der Waals surface area contributed by atoms with E-state index < -0.39 is 0 Å². The van der Waals surface area contributed by atoms with Crippen molar-refractivity contribution < 1.29 is 0 Å². The fourth-order valence-corrected chi connectivity index (χ4v) is 10.2. The first-order chi connectivity index (χ1) is 28.5. The van der Waals surface area contributed by atoms with Crippen molar-refractivity contribution in [1.82, 2.24) is 14.4 Å². The summed E-state index contributed by atoms with van der Waals surface area (Å²) in [6.07, 6.45) is 0. The van der Waals surface area contributed by atoms with Crippen LogP contribution in [0.15, 0.2) is 176 Å². The molecule has 3 heterocycles. The molecule has 270 valence electrons. The van der Waals surface area contributed by atoms with Gasteiger partial charge in [-0.2, -0.15) is 0 Å². The summed E-state index contributed by atoms with van der Waals surface area (Å²) >= 11 is 0. The third-order valence-electron chi connectivity index (χ3n) is 13.1. The summed E-state index contributed by atoms with van der Waals surface area (Å²) in [7, 11) is 0.